The minimum atomic E-state index is -3.45. The van der Waals surface area contributed by atoms with Crippen LogP contribution in [0.2, 0.25) is 0 Å². The maximum atomic E-state index is 12.1. The molecule has 0 spiro atoms. The molecule has 2 rings (SSSR count). The zero-order valence-electron chi connectivity index (χ0n) is 10.3. The normalized spacial score (nSPS) is 19.2. The van der Waals surface area contributed by atoms with Gasteiger partial charge in [0.15, 0.2) is 0 Å². The van der Waals surface area contributed by atoms with Gasteiger partial charge in [-0.15, -0.1) is 16.2 Å². The predicted molar refractivity (Wildman–Crippen MR) is 71.6 cm³/mol. The Labute approximate surface area is 111 Å². The van der Waals surface area contributed by atoms with Gasteiger partial charge < -0.3 is 10.6 Å². The summed E-state index contributed by atoms with van der Waals surface area (Å²) in [4.78, 5) is 5.66. The van der Waals surface area contributed by atoms with Gasteiger partial charge in [-0.25, -0.2) is 13.4 Å². The molecule has 1 aromatic rings. The van der Waals surface area contributed by atoms with Crippen LogP contribution >= 0.6 is 11.3 Å². The van der Waals surface area contributed by atoms with Crippen LogP contribution in [0.25, 0.3) is 0 Å². The molecule has 0 aromatic carbocycles. The Kier molecular flexibility index (Phi) is 4.36. The molecule has 2 heterocycles. The number of rotatable bonds is 4. The molecule has 102 valence electrons. The summed E-state index contributed by atoms with van der Waals surface area (Å²) in [6.07, 6.45) is 0. The average molecular weight is 290 g/mol. The molecule has 1 fully saturated rings. The lowest BCUT2D eigenvalue weighted by molar-refractivity contribution is 0.135. The maximum absolute atomic E-state index is 12.1. The largest absolute Gasteiger partial charge is 0.326 e. The molecule has 8 heteroatoms. The molecule has 1 aromatic heterocycles. The first kappa shape index (κ1) is 13.9. The van der Waals surface area contributed by atoms with Crippen LogP contribution < -0.4 is 10.6 Å². The molecule has 0 unspecified atom stereocenters. The van der Waals surface area contributed by atoms with Crippen molar-refractivity contribution in [2.75, 3.05) is 33.2 Å². The number of hydrogen-bond acceptors (Lipinski definition) is 6. The van der Waals surface area contributed by atoms with Crippen LogP contribution in [0, 0.1) is 0 Å². The third-order valence-electron chi connectivity index (χ3n) is 2.86. The van der Waals surface area contributed by atoms with E-state index in [-0.39, 0.29) is 0 Å². The number of nitrogens with one attached hydrogen (secondary N) is 1. The van der Waals surface area contributed by atoms with E-state index in [0.29, 0.717) is 23.8 Å². The van der Waals surface area contributed by atoms with Gasteiger partial charge >= 0.3 is 0 Å². The monoisotopic (exact) mass is 290 g/mol. The fraction of sp³-hybridized carbons (Fsp3) is 0.600. The molecular weight excluding hydrogens is 272 g/mol. The molecule has 0 aliphatic carbocycles. The quantitative estimate of drug-likeness (QED) is 0.792. The predicted octanol–water partition coefficient (Wildman–Crippen LogP) is -0.352. The van der Waals surface area contributed by atoms with Crippen molar-refractivity contribution in [3.05, 3.63) is 17.0 Å². The van der Waals surface area contributed by atoms with Crippen molar-refractivity contribution in [2.45, 2.75) is 10.8 Å². The van der Waals surface area contributed by atoms with E-state index in [1.807, 2.05) is 7.05 Å². The molecule has 18 heavy (non-hydrogen) atoms. The lowest BCUT2D eigenvalue weighted by Gasteiger charge is -2.31. The van der Waals surface area contributed by atoms with E-state index in [2.05, 4.69) is 9.73 Å². The van der Waals surface area contributed by atoms with Crippen molar-refractivity contribution in [1.29, 1.82) is 0 Å². The third-order valence-corrected chi connectivity index (χ3v) is 5.83. The van der Waals surface area contributed by atoms with Crippen LogP contribution in [-0.4, -0.2) is 51.6 Å². The molecule has 0 bridgehead atoms. The van der Waals surface area contributed by atoms with Crippen molar-refractivity contribution in [3.8, 4) is 0 Å². The molecule has 1 aliphatic heterocycles. The van der Waals surface area contributed by atoms with Gasteiger partial charge in [0, 0.05) is 37.6 Å². The van der Waals surface area contributed by atoms with Gasteiger partial charge in [-0.3, -0.25) is 0 Å². The molecule has 1 saturated heterocycles. The van der Waals surface area contributed by atoms with Crippen LogP contribution in [-0.2, 0) is 16.6 Å². The lowest BCUT2D eigenvalue weighted by atomic mass is 10.4. The second-order valence-electron chi connectivity index (χ2n) is 4.31. The second kappa shape index (κ2) is 5.64. The highest BCUT2D eigenvalue weighted by atomic mass is 32.2. The summed E-state index contributed by atoms with van der Waals surface area (Å²) in [7, 11) is -1.42. The smallest absolute Gasteiger partial charge is 0.262 e. The Hall–Kier alpha value is -0.510. The third kappa shape index (κ3) is 3.28. The minimum absolute atomic E-state index is 0.321. The van der Waals surface area contributed by atoms with Crippen molar-refractivity contribution in [2.24, 2.45) is 5.73 Å². The summed E-state index contributed by atoms with van der Waals surface area (Å²) in [5.41, 5.74) is 5.49. The molecule has 3 N–H and O–H groups in total. The highest BCUT2D eigenvalue weighted by Crippen LogP contribution is 2.21. The van der Waals surface area contributed by atoms with Gasteiger partial charge in [-0.2, -0.15) is 0 Å². The van der Waals surface area contributed by atoms with Gasteiger partial charge in [0.25, 0.3) is 10.0 Å². The van der Waals surface area contributed by atoms with Gasteiger partial charge in [0.1, 0.15) is 4.21 Å². The van der Waals surface area contributed by atoms with E-state index >= 15 is 0 Å². The number of nitrogens with zero attached hydrogens (tertiary/aromatic N) is 2. The Balaban J connectivity index is 2.03. The first-order valence-electron chi connectivity index (χ1n) is 5.76. The Morgan fingerprint density at radius 3 is 2.56 bits per heavy atom. The molecule has 0 radical (unpaired) electrons. The van der Waals surface area contributed by atoms with Gasteiger partial charge in [-0.05, 0) is 19.2 Å². The summed E-state index contributed by atoms with van der Waals surface area (Å²) < 4.78 is 24.5. The molecule has 0 atom stereocenters. The maximum Gasteiger partial charge on any atom is 0.262 e. The van der Waals surface area contributed by atoms with Crippen LogP contribution in [0.1, 0.15) is 4.88 Å². The average Bonchev–Trinajstić information content (AvgIpc) is 2.81. The first-order valence-corrected chi connectivity index (χ1v) is 8.06. The standard InChI is InChI=1S/C10H18N4O2S2/c1-13-4-6-14(7-5-13)12-18(15,16)10-3-2-9(8-11)17-10/h2-3,12H,4-8,11H2,1H3. The summed E-state index contributed by atoms with van der Waals surface area (Å²) in [5, 5.41) is 1.75. The number of hydrazine groups is 1. The Morgan fingerprint density at radius 1 is 1.33 bits per heavy atom. The van der Waals surface area contributed by atoms with Crippen molar-refractivity contribution in [3.63, 3.8) is 0 Å². The van der Waals surface area contributed by atoms with E-state index in [9.17, 15) is 8.42 Å². The topological polar surface area (TPSA) is 78.7 Å². The van der Waals surface area contributed by atoms with Crippen LogP contribution in [0.4, 0.5) is 0 Å². The van der Waals surface area contributed by atoms with E-state index in [1.54, 1.807) is 17.1 Å². The van der Waals surface area contributed by atoms with E-state index in [4.69, 9.17) is 5.73 Å². The fourth-order valence-corrected chi connectivity index (χ4v) is 4.07. The molecule has 0 saturated carbocycles. The number of nitrogens with two attached hydrogens (primary N) is 1. The van der Waals surface area contributed by atoms with E-state index in [0.717, 1.165) is 18.0 Å². The Bertz CT molecular complexity index is 492. The molecule has 6 nitrogen and oxygen atoms in total. The highest BCUT2D eigenvalue weighted by Gasteiger charge is 2.22. The summed E-state index contributed by atoms with van der Waals surface area (Å²) in [5.74, 6) is 0. The summed E-state index contributed by atoms with van der Waals surface area (Å²) in [6.45, 7) is 3.49. The zero-order chi connectivity index (χ0) is 13.2. The van der Waals surface area contributed by atoms with Crippen LogP contribution in [0.3, 0.4) is 0 Å². The van der Waals surface area contributed by atoms with Crippen molar-refractivity contribution in [1.82, 2.24) is 14.7 Å². The number of likely N-dealkylation sites (N-methyl/N-ethyl adjacent to an activating group) is 1. The number of piperazine rings is 1. The lowest BCUT2D eigenvalue weighted by Crippen LogP contribution is -2.52. The molecular formula is C10H18N4O2S2. The van der Waals surface area contributed by atoms with E-state index < -0.39 is 10.0 Å². The van der Waals surface area contributed by atoms with Gasteiger partial charge in [-0.1, -0.05) is 0 Å². The number of sulfonamides is 1. The SMILES string of the molecule is CN1CCN(NS(=O)(=O)c2ccc(CN)s2)CC1. The van der Waals surface area contributed by atoms with Gasteiger partial charge in [0.2, 0.25) is 0 Å². The summed E-state index contributed by atoms with van der Waals surface area (Å²) in [6, 6.07) is 3.36. The van der Waals surface area contributed by atoms with Crippen molar-refractivity contribution >= 4 is 21.4 Å². The first-order chi connectivity index (χ1) is 8.51. The van der Waals surface area contributed by atoms with Crippen molar-refractivity contribution < 1.29 is 8.42 Å². The van der Waals surface area contributed by atoms with Crippen LogP contribution in [0.15, 0.2) is 16.3 Å². The van der Waals surface area contributed by atoms with Gasteiger partial charge in [0.05, 0.1) is 0 Å². The Morgan fingerprint density at radius 2 is 2.00 bits per heavy atom. The van der Waals surface area contributed by atoms with Crippen LogP contribution in [0.5, 0.6) is 0 Å². The molecule has 0 amide bonds. The summed E-state index contributed by atoms with van der Waals surface area (Å²) >= 11 is 1.22. The van der Waals surface area contributed by atoms with E-state index in [1.165, 1.54) is 11.3 Å². The zero-order valence-corrected chi connectivity index (χ0v) is 11.9. The minimum Gasteiger partial charge on any atom is -0.326 e. The number of thiophene rings is 1. The molecule has 1 aliphatic rings. The second-order valence-corrected chi connectivity index (χ2v) is 7.37. The highest BCUT2D eigenvalue weighted by molar-refractivity contribution is 7.91. The number of hydrogen-bond donors (Lipinski definition) is 2. The fourth-order valence-electron chi connectivity index (χ4n) is 1.73.